The molecule has 0 aromatic heterocycles. The molecule has 1 unspecified atom stereocenters. The predicted molar refractivity (Wildman–Crippen MR) is 104 cm³/mol. The van der Waals surface area contributed by atoms with E-state index >= 15 is 0 Å². The van der Waals surface area contributed by atoms with Gasteiger partial charge in [-0.15, -0.1) is 0 Å². The van der Waals surface area contributed by atoms with Gasteiger partial charge in [-0.2, -0.15) is 0 Å². The van der Waals surface area contributed by atoms with E-state index in [1.807, 2.05) is 0 Å². The molecule has 0 spiro atoms. The first-order valence-corrected chi connectivity index (χ1v) is 10.1. The highest BCUT2D eigenvalue weighted by molar-refractivity contribution is 5.79. The number of rotatable bonds is 4. The number of carbonyl (C=O) groups excluding carboxylic acids is 1. The highest BCUT2D eigenvalue weighted by atomic mass is 16.2. The second-order valence-corrected chi connectivity index (χ2v) is 8.48. The molecule has 2 heterocycles. The Morgan fingerprint density at radius 2 is 1.76 bits per heavy atom. The zero-order chi connectivity index (χ0) is 17.8. The van der Waals surface area contributed by atoms with Crippen LogP contribution in [0.5, 0.6) is 0 Å². The van der Waals surface area contributed by atoms with Gasteiger partial charge in [0.2, 0.25) is 5.91 Å². The Kier molecular flexibility index (Phi) is 6.16. The molecule has 0 N–H and O–H groups in total. The SMILES string of the molecule is CC1CCCN(C(=O)C2CCN(Cc3ccc(C(C)C)cc3)CC2)C1. The van der Waals surface area contributed by atoms with Crippen LogP contribution in [0.15, 0.2) is 24.3 Å². The van der Waals surface area contributed by atoms with Crippen molar-refractivity contribution in [1.29, 1.82) is 0 Å². The molecule has 3 nitrogen and oxygen atoms in total. The predicted octanol–water partition coefficient (Wildman–Crippen LogP) is 4.28. The summed E-state index contributed by atoms with van der Waals surface area (Å²) in [5.41, 5.74) is 2.79. The molecule has 3 heteroatoms. The van der Waals surface area contributed by atoms with Gasteiger partial charge in [0.1, 0.15) is 0 Å². The van der Waals surface area contributed by atoms with Crippen molar-refractivity contribution in [3.05, 3.63) is 35.4 Å². The summed E-state index contributed by atoms with van der Waals surface area (Å²) in [5.74, 6) is 1.94. The average molecular weight is 343 g/mol. The lowest BCUT2D eigenvalue weighted by atomic mass is 9.92. The van der Waals surface area contributed by atoms with Crippen LogP contribution in [0.1, 0.15) is 63.5 Å². The topological polar surface area (TPSA) is 23.6 Å². The van der Waals surface area contributed by atoms with Crippen LogP contribution >= 0.6 is 0 Å². The van der Waals surface area contributed by atoms with Crippen molar-refractivity contribution in [3.63, 3.8) is 0 Å². The molecule has 2 aliphatic heterocycles. The van der Waals surface area contributed by atoms with Crippen LogP contribution < -0.4 is 0 Å². The van der Waals surface area contributed by atoms with Gasteiger partial charge < -0.3 is 4.90 Å². The van der Waals surface area contributed by atoms with Crippen LogP contribution in [0.2, 0.25) is 0 Å². The van der Waals surface area contributed by atoms with E-state index in [0.29, 0.717) is 17.7 Å². The Balaban J connectivity index is 1.47. The van der Waals surface area contributed by atoms with Gasteiger partial charge in [-0.25, -0.2) is 0 Å². The largest absolute Gasteiger partial charge is 0.342 e. The zero-order valence-electron chi connectivity index (χ0n) is 16.2. The van der Waals surface area contributed by atoms with Gasteiger partial charge in [0.25, 0.3) is 0 Å². The molecule has 138 valence electrons. The van der Waals surface area contributed by atoms with Crippen molar-refractivity contribution < 1.29 is 4.79 Å². The molecule has 1 atom stereocenters. The van der Waals surface area contributed by atoms with Gasteiger partial charge in [-0.1, -0.05) is 45.0 Å². The second kappa shape index (κ2) is 8.35. The van der Waals surface area contributed by atoms with Crippen LogP contribution in [-0.4, -0.2) is 41.9 Å². The standard InChI is InChI=1S/C22H34N2O/c1-17(2)20-8-6-19(7-9-20)16-23-13-10-21(11-14-23)22(25)24-12-4-5-18(3)15-24/h6-9,17-18,21H,4-5,10-16H2,1-3H3. The van der Waals surface area contributed by atoms with E-state index in [4.69, 9.17) is 0 Å². The van der Waals surface area contributed by atoms with E-state index in [9.17, 15) is 4.79 Å². The normalized spacial score (nSPS) is 23.2. The van der Waals surface area contributed by atoms with E-state index in [1.165, 1.54) is 24.0 Å². The molecule has 1 aromatic rings. The number of carbonyl (C=O) groups is 1. The fourth-order valence-electron chi connectivity index (χ4n) is 4.25. The molecular formula is C22H34N2O. The summed E-state index contributed by atoms with van der Waals surface area (Å²) in [6.45, 7) is 11.8. The van der Waals surface area contributed by atoms with Crippen molar-refractivity contribution in [2.24, 2.45) is 11.8 Å². The molecule has 3 rings (SSSR count). The molecule has 2 fully saturated rings. The van der Waals surface area contributed by atoms with E-state index in [-0.39, 0.29) is 5.92 Å². The lowest BCUT2D eigenvalue weighted by Gasteiger charge is -2.37. The minimum Gasteiger partial charge on any atom is -0.342 e. The summed E-state index contributed by atoms with van der Waals surface area (Å²) in [6, 6.07) is 9.05. The fraction of sp³-hybridized carbons (Fsp3) is 0.682. The number of nitrogens with zero attached hydrogens (tertiary/aromatic N) is 2. The molecule has 2 saturated heterocycles. The van der Waals surface area contributed by atoms with Crippen LogP contribution in [0, 0.1) is 11.8 Å². The number of likely N-dealkylation sites (tertiary alicyclic amines) is 2. The average Bonchev–Trinajstić information content (AvgIpc) is 2.62. The second-order valence-electron chi connectivity index (χ2n) is 8.48. The van der Waals surface area contributed by atoms with Crippen molar-refractivity contribution in [2.45, 2.75) is 58.9 Å². The Morgan fingerprint density at radius 1 is 1.08 bits per heavy atom. The summed E-state index contributed by atoms with van der Waals surface area (Å²) in [6.07, 6.45) is 4.50. The first-order valence-electron chi connectivity index (χ1n) is 10.1. The van der Waals surface area contributed by atoms with E-state index < -0.39 is 0 Å². The minimum atomic E-state index is 0.255. The number of amides is 1. The van der Waals surface area contributed by atoms with Crippen LogP contribution in [0.3, 0.4) is 0 Å². The van der Waals surface area contributed by atoms with Crippen LogP contribution in [-0.2, 0) is 11.3 Å². The van der Waals surface area contributed by atoms with E-state index in [0.717, 1.165) is 45.6 Å². The fourth-order valence-corrected chi connectivity index (χ4v) is 4.25. The Labute approximate surface area is 153 Å². The maximum absolute atomic E-state index is 12.8. The van der Waals surface area contributed by atoms with Crippen molar-refractivity contribution in [2.75, 3.05) is 26.2 Å². The Bertz CT molecular complexity index is 558. The molecular weight excluding hydrogens is 308 g/mol. The molecule has 1 amide bonds. The highest BCUT2D eigenvalue weighted by Gasteiger charge is 2.30. The van der Waals surface area contributed by atoms with E-state index in [2.05, 4.69) is 54.8 Å². The molecule has 0 radical (unpaired) electrons. The lowest BCUT2D eigenvalue weighted by molar-refractivity contribution is -0.138. The third kappa shape index (κ3) is 4.84. The maximum atomic E-state index is 12.8. The summed E-state index contributed by atoms with van der Waals surface area (Å²) in [5, 5.41) is 0. The summed E-state index contributed by atoms with van der Waals surface area (Å²) in [7, 11) is 0. The summed E-state index contributed by atoms with van der Waals surface area (Å²) >= 11 is 0. The molecule has 0 bridgehead atoms. The smallest absolute Gasteiger partial charge is 0.225 e. The number of piperidine rings is 2. The first-order chi connectivity index (χ1) is 12.0. The summed E-state index contributed by atoms with van der Waals surface area (Å²) in [4.78, 5) is 17.4. The molecule has 1 aromatic carbocycles. The molecule has 0 aliphatic carbocycles. The molecule has 0 saturated carbocycles. The number of benzene rings is 1. The van der Waals surface area contributed by atoms with E-state index in [1.54, 1.807) is 0 Å². The van der Waals surface area contributed by atoms with Crippen LogP contribution in [0.25, 0.3) is 0 Å². The van der Waals surface area contributed by atoms with Gasteiger partial charge in [-0.05, 0) is 61.7 Å². The highest BCUT2D eigenvalue weighted by Crippen LogP contribution is 2.24. The monoisotopic (exact) mass is 342 g/mol. The Morgan fingerprint density at radius 3 is 2.36 bits per heavy atom. The van der Waals surface area contributed by atoms with Gasteiger partial charge in [0.15, 0.2) is 0 Å². The quantitative estimate of drug-likeness (QED) is 0.815. The third-order valence-corrected chi connectivity index (χ3v) is 5.96. The van der Waals surface area contributed by atoms with Gasteiger partial charge >= 0.3 is 0 Å². The maximum Gasteiger partial charge on any atom is 0.225 e. The van der Waals surface area contributed by atoms with Gasteiger partial charge in [0, 0.05) is 25.6 Å². The minimum absolute atomic E-state index is 0.255. The van der Waals surface area contributed by atoms with Crippen LogP contribution in [0.4, 0.5) is 0 Å². The summed E-state index contributed by atoms with van der Waals surface area (Å²) < 4.78 is 0. The van der Waals surface area contributed by atoms with Gasteiger partial charge in [0.05, 0.1) is 0 Å². The zero-order valence-corrected chi connectivity index (χ0v) is 16.2. The Hall–Kier alpha value is -1.35. The van der Waals surface area contributed by atoms with Crippen molar-refractivity contribution in [3.8, 4) is 0 Å². The molecule has 2 aliphatic rings. The lowest BCUT2D eigenvalue weighted by Crippen LogP contribution is -2.45. The van der Waals surface area contributed by atoms with Crippen molar-refractivity contribution in [1.82, 2.24) is 9.80 Å². The molecule has 25 heavy (non-hydrogen) atoms. The number of hydrogen-bond acceptors (Lipinski definition) is 2. The number of hydrogen-bond donors (Lipinski definition) is 0. The van der Waals surface area contributed by atoms with Crippen molar-refractivity contribution >= 4 is 5.91 Å². The third-order valence-electron chi connectivity index (χ3n) is 5.96. The van der Waals surface area contributed by atoms with Gasteiger partial charge in [-0.3, -0.25) is 9.69 Å². The first kappa shape index (κ1) is 18.4.